The van der Waals surface area contributed by atoms with Crippen molar-refractivity contribution in [2.45, 2.75) is 6.61 Å². The van der Waals surface area contributed by atoms with Crippen LogP contribution in [0.4, 0.5) is 10.2 Å². The molecule has 0 fully saturated rings. The second-order valence-corrected chi connectivity index (χ2v) is 5.19. The van der Waals surface area contributed by atoms with E-state index in [-0.39, 0.29) is 11.6 Å². The summed E-state index contributed by atoms with van der Waals surface area (Å²) in [4.78, 5) is 8.51. The van der Waals surface area contributed by atoms with Crippen LogP contribution in [0.1, 0.15) is 5.82 Å². The molecule has 0 amide bonds. The summed E-state index contributed by atoms with van der Waals surface area (Å²) in [6.45, 7) is 0.244. The number of anilines is 1. The lowest BCUT2D eigenvalue weighted by atomic mass is 10.1. The van der Waals surface area contributed by atoms with Crippen molar-refractivity contribution >= 4 is 33.3 Å². The molecule has 2 rings (SSSR count). The fraction of sp³-hybridized carbons (Fsp3) is 0.231. The largest absolute Gasteiger partial charge is 0.377 e. The zero-order valence-corrected chi connectivity index (χ0v) is 13.2. The van der Waals surface area contributed by atoms with Gasteiger partial charge in [0.15, 0.2) is 11.6 Å². The van der Waals surface area contributed by atoms with Crippen LogP contribution in [0.25, 0.3) is 11.3 Å². The minimum Gasteiger partial charge on any atom is -0.377 e. The van der Waals surface area contributed by atoms with E-state index in [4.69, 9.17) is 16.3 Å². The minimum atomic E-state index is -0.523. The number of halogens is 3. The van der Waals surface area contributed by atoms with E-state index in [1.807, 2.05) is 0 Å². The second-order valence-electron chi connectivity index (χ2n) is 3.96. The average Bonchev–Trinajstić information content (AvgIpc) is 2.45. The van der Waals surface area contributed by atoms with E-state index < -0.39 is 5.82 Å². The Morgan fingerprint density at radius 2 is 2.15 bits per heavy atom. The average molecular weight is 361 g/mol. The van der Waals surface area contributed by atoms with E-state index in [1.54, 1.807) is 32.4 Å². The summed E-state index contributed by atoms with van der Waals surface area (Å²) in [7, 11) is 3.28. The van der Waals surface area contributed by atoms with E-state index in [9.17, 15) is 4.39 Å². The third-order valence-corrected chi connectivity index (χ3v) is 3.87. The fourth-order valence-electron chi connectivity index (χ4n) is 1.68. The van der Waals surface area contributed by atoms with Crippen molar-refractivity contribution in [3.63, 3.8) is 0 Å². The maximum Gasteiger partial charge on any atom is 0.157 e. The lowest BCUT2D eigenvalue weighted by Gasteiger charge is -2.09. The molecule has 1 aromatic heterocycles. The Hall–Kier alpha value is -1.24. The molecule has 0 saturated heterocycles. The van der Waals surface area contributed by atoms with Crippen molar-refractivity contribution in [1.82, 2.24) is 9.97 Å². The third kappa shape index (κ3) is 3.08. The monoisotopic (exact) mass is 359 g/mol. The van der Waals surface area contributed by atoms with Gasteiger partial charge in [0.1, 0.15) is 12.4 Å². The van der Waals surface area contributed by atoms with Crippen LogP contribution < -0.4 is 5.32 Å². The fourth-order valence-corrected chi connectivity index (χ4v) is 2.15. The molecule has 106 valence electrons. The van der Waals surface area contributed by atoms with Gasteiger partial charge in [0.2, 0.25) is 0 Å². The van der Waals surface area contributed by atoms with Gasteiger partial charge < -0.3 is 10.1 Å². The number of nitrogens with zero attached hydrogens (tertiary/aromatic N) is 2. The number of benzene rings is 1. The molecule has 0 bridgehead atoms. The van der Waals surface area contributed by atoms with Crippen LogP contribution in [-0.4, -0.2) is 24.1 Å². The Bertz CT molecular complexity index is 639. The maximum atomic E-state index is 14.2. The molecule has 2 aromatic rings. The summed E-state index contributed by atoms with van der Waals surface area (Å²) >= 11 is 9.08. The van der Waals surface area contributed by atoms with Crippen LogP contribution >= 0.6 is 27.5 Å². The molecular weight excluding hydrogens is 349 g/mol. The maximum absolute atomic E-state index is 14.2. The number of hydrogen-bond acceptors (Lipinski definition) is 4. The van der Waals surface area contributed by atoms with Crippen LogP contribution in [-0.2, 0) is 11.3 Å². The van der Waals surface area contributed by atoms with Gasteiger partial charge in [0.05, 0.1) is 10.7 Å². The number of nitrogens with one attached hydrogen (secondary N) is 1. The predicted molar refractivity (Wildman–Crippen MR) is 80.4 cm³/mol. The summed E-state index contributed by atoms with van der Waals surface area (Å²) in [5.41, 5.74) is 0.762. The van der Waals surface area contributed by atoms with Gasteiger partial charge >= 0.3 is 0 Å². The van der Waals surface area contributed by atoms with Crippen molar-refractivity contribution in [3.8, 4) is 11.3 Å². The second kappa shape index (κ2) is 6.47. The van der Waals surface area contributed by atoms with Gasteiger partial charge in [-0.1, -0.05) is 11.6 Å². The zero-order valence-electron chi connectivity index (χ0n) is 10.9. The molecule has 0 unspecified atom stereocenters. The number of aromatic nitrogens is 2. The lowest BCUT2D eigenvalue weighted by molar-refractivity contribution is 0.178. The van der Waals surface area contributed by atoms with E-state index in [2.05, 4.69) is 31.2 Å². The molecule has 0 aliphatic rings. The van der Waals surface area contributed by atoms with Gasteiger partial charge in [-0.05, 0) is 28.1 Å². The number of ether oxygens (including phenoxy) is 1. The number of methoxy groups -OCH3 is 1. The highest BCUT2D eigenvalue weighted by Gasteiger charge is 2.14. The summed E-state index contributed by atoms with van der Waals surface area (Å²) < 4.78 is 19.7. The molecule has 4 nitrogen and oxygen atoms in total. The molecule has 7 heteroatoms. The van der Waals surface area contributed by atoms with E-state index in [0.29, 0.717) is 27.4 Å². The standard InChI is InChI=1S/C13H12BrClFN3O/c1-17-10-5-9(18-11(19-10)6-20-2)7-3-4-8(14)12(15)13(7)16/h3-5H,6H2,1-2H3,(H,17,18,19). The Morgan fingerprint density at radius 3 is 2.80 bits per heavy atom. The molecule has 0 saturated carbocycles. The van der Waals surface area contributed by atoms with Crippen molar-refractivity contribution in [1.29, 1.82) is 0 Å². The van der Waals surface area contributed by atoms with Crippen molar-refractivity contribution in [2.24, 2.45) is 0 Å². The third-order valence-electron chi connectivity index (χ3n) is 2.61. The van der Waals surface area contributed by atoms with Gasteiger partial charge in [-0.2, -0.15) is 0 Å². The zero-order chi connectivity index (χ0) is 14.7. The van der Waals surface area contributed by atoms with Gasteiger partial charge in [-0.25, -0.2) is 14.4 Å². The first-order valence-electron chi connectivity index (χ1n) is 5.75. The quantitative estimate of drug-likeness (QED) is 0.840. The first-order valence-corrected chi connectivity index (χ1v) is 6.92. The Balaban J connectivity index is 2.57. The van der Waals surface area contributed by atoms with Crippen LogP contribution in [0.2, 0.25) is 5.02 Å². The van der Waals surface area contributed by atoms with Crippen LogP contribution in [0, 0.1) is 5.82 Å². The van der Waals surface area contributed by atoms with E-state index >= 15 is 0 Å². The smallest absolute Gasteiger partial charge is 0.157 e. The Morgan fingerprint density at radius 1 is 1.40 bits per heavy atom. The molecule has 0 aliphatic heterocycles. The Labute approximate surface area is 129 Å². The molecular formula is C13H12BrClFN3O. The van der Waals surface area contributed by atoms with Crippen LogP contribution in [0.5, 0.6) is 0 Å². The van der Waals surface area contributed by atoms with Gasteiger partial charge in [-0.15, -0.1) is 0 Å². The Kier molecular flexibility index (Phi) is 4.91. The highest BCUT2D eigenvalue weighted by molar-refractivity contribution is 9.10. The minimum absolute atomic E-state index is 0.0282. The molecule has 0 atom stereocenters. The summed E-state index contributed by atoms with van der Waals surface area (Å²) in [5, 5.41) is 2.94. The number of rotatable bonds is 4. The van der Waals surface area contributed by atoms with Crippen molar-refractivity contribution < 1.29 is 9.13 Å². The summed E-state index contributed by atoms with van der Waals surface area (Å²) in [5.74, 6) is 0.526. The molecule has 1 heterocycles. The van der Waals surface area contributed by atoms with E-state index in [1.165, 1.54) is 0 Å². The van der Waals surface area contributed by atoms with E-state index in [0.717, 1.165) is 0 Å². The SMILES string of the molecule is CNc1cc(-c2ccc(Br)c(Cl)c2F)nc(COC)n1. The lowest BCUT2D eigenvalue weighted by Crippen LogP contribution is -2.03. The normalized spacial score (nSPS) is 10.7. The van der Waals surface area contributed by atoms with Gasteiger partial charge in [0.25, 0.3) is 0 Å². The molecule has 0 radical (unpaired) electrons. The van der Waals surface area contributed by atoms with Crippen molar-refractivity contribution in [2.75, 3.05) is 19.5 Å². The summed E-state index contributed by atoms with van der Waals surface area (Å²) in [6, 6.07) is 4.95. The van der Waals surface area contributed by atoms with Gasteiger partial charge in [0, 0.05) is 30.3 Å². The van der Waals surface area contributed by atoms with Crippen molar-refractivity contribution in [3.05, 3.63) is 39.3 Å². The number of hydrogen-bond donors (Lipinski definition) is 1. The topological polar surface area (TPSA) is 47.0 Å². The van der Waals surface area contributed by atoms with Gasteiger partial charge in [-0.3, -0.25) is 0 Å². The summed E-state index contributed by atoms with van der Waals surface area (Å²) in [6.07, 6.45) is 0. The highest BCUT2D eigenvalue weighted by atomic mass is 79.9. The first-order chi connectivity index (χ1) is 9.56. The van der Waals surface area contributed by atoms with Crippen LogP contribution in [0.3, 0.4) is 0 Å². The molecule has 0 spiro atoms. The molecule has 0 aliphatic carbocycles. The molecule has 20 heavy (non-hydrogen) atoms. The molecule has 1 N–H and O–H groups in total. The first kappa shape index (κ1) is 15.2. The van der Waals surface area contributed by atoms with Crippen LogP contribution in [0.15, 0.2) is 22.7 Å². The predicted octanol–water partition coefficient (Wildman–Crippen LogP) is 3.89. The molecule has 1 aromatic carbocycles. The highest BCUT2D eigenvalue weighted by Crippen LogP contribution is 2.32.